The number of alkyl halides is 3. The first-order valence-corrected chi connectivity index (χ1v) is 10.5. The van der Waals surface area contributed by atoms with Gasteiger partial charge in [0.05, 0.1) is 34.1 Å². The third-order valence-electron chi connectivity index (χ3n) is 4.37. The minimum absolute atomic E-state index is 0.0533. The Labute approximate surface area is 184 Å². The van der Waals surface area contributed by atoms with Gasteiger partial charge >= 0.3 is 12.3 Å². The Hall–Kier alpha value is -2.93. The van der Waals surface area contributed by atoms with E-state index in [1.807, 2.05) is 0 Å². The second-order valence-electron chi connectivity index (χ2n) is 6.65. The number of aromatic nitrogens is 1. The number of ether oxygens (including phenoxy) is 1. The fraction of sp³-hybridized carbons (Fsp3) is 0.211. The van der Waals surface area contributed by atoms with Crippen molar-refractivity contribution in [2.45, 2.75) is 29.5 Å². The quantitative estimate of drug-likeness (QED) is 0.510. The lowest BCUT2D eigenvalue weighted by atomic mass is 10.2. The van der Waals surface area contributed by atoms with Gasteiger partial charge in [0.2, 0.25) is 5.91 Å². The van der Waals surface area contributed by atoms with Crippen LogP contribution in [0.2, 0.25) is 0 Å². The number of hydrogen-bond acceptors (Lipinski definition) is 6. The van der Waals surface area contributed by atoms with Crippen LogP contribution in [-0.2, 0) is 16.1 Å². The van der Waals surface area contributed by atoms with Gasteiger partial charge in [-0.3, -0.25) is 9.59 Å². The molecule has 6 nitrogen and oxygen atoms in total. The van der Waals surface area contributed by atoms with E-state index in [9.17, 15) is 31.5 Å². The van der Waals surface area contributed by atoms with Gasteiger partial charge in [0.25, 0.3) is 0 Å². The fourth-order valence-electron chi connectivity index (χ4n) is 3.16. The van der Waals surface area contributed by atoms with Gasteiger partial charge in [-0.25, -0.2) is 13.8 Å². The molecule has 0 aliphatic carbocycles. The molecule has 0 fully saturated rings. The van der Waals surface area contributed by atoms with E-state index in [2.05, 4.69) is 9.72 Å². The van der Waals surface area contributed by atoms with E-state index in [0.29, 0.717) is 6.07 Å². The number of carbonyl (C=O) groups excluding carboxylic acids is 1. The molecule has 1 unspecified atom stereocenters. The highest BCUT2D eigenvalue weighted by Crippen LogP contribution is 2.44. The predicted octanol–water partition coefficient (Wildman–Crippen LogP) is 4.96. The summed E-state index contributed by atoms with van der Waals surface area (Å²) in [5, 5.41) is 8.25. The maximum atomic E-state index is 14.0. The summed E-state index contributed by atoms with van der Waals surface area (Å²) in [4.78, 5) is 29.6. The normalized spacial score (nSPS) is 16.3. The van der Waals surface area contributed by atoms with E-state index >= 15 is 0 Å². The van der Waals surface area contributed by atoms with Crippen molar-refractivity contribution in [3.63, 3.8) is 0 Å². The molecule has 13 heteroatoms. The number of benzene rings is 2. The van der Waals surface area contributed by atoms with Gasteiger partial charge in [0, 0.05) is 17.0 Å². The molecule has 168 valence electrons. The summed E-state index contributed by atoms with van der Waals surface area (Å²) in [6.45, 7) is -0.206. The molecule has 3 aromatic rings. The first-order chi connectivity index (χ1) is 15.0. The SMILES string of the molecule is O=C(O)CC1Sc2cc(OC(F)(F)F)ccc2N(Cc2nc3cc(F)cc(F)c3s2)C1=O. The summed E-state index contributed by atoms with van der Waals surface area (Å²) < 4.78 is 69.2. The van der Waals surface area contributed by atoms with E-state index in [1.165, 1.54) is 11.0 Å². The molecular formula is C19H11F5N2O4S2. The van der Waals surface area contributed by atoms with Gasteiger partial charge in [0.1, 0.15) is 22.4 Å². The maximum absolute atomic E-state index is 14.0. The van der Waals surface area contributed by atoms with Crippen LogP contribution in [0.3, 0.4) is 0 Å². The molecule has 1 aliphatic rings. The average molecular weight is 490 g/mol. The predicted molar refractivity (Wildman–Crippen MR) is 106 cm³/mol. The molecule has 2 aromatic carbocycles. The molecule has 0 saturated carbocycles. The van der Waals surface area contributed by atoms with Crippen LogP contribution in [0.4, 0.5) is 27.6 Å². The van der Waals surface area contributed by atoms with Crippen LogP contribution in [0.1, 0.15) is 11.4 Å². The monoisotopic (exact) mass is 490 g/mol. The topological polar surface area (TPSA) is 79.7 Å². The van der Waals surface area contributed by atoms with Crippen molar-refractivity contribution in [2.75, 3.05) is 4.90 Å². The minimum atomic E-state index is -4.93. The zero-order valence-electron chi connectivity index (χ0n) is 15.7. The minimum Gasteiger partial charge on any atom is -0.481 e. The van der Waals surface area contributed by atoms with Gasteiger partial charge in [-0.05, 0) is 18.2 Å². The zero-order valence-corrected chi connectivity index (χ0v) is 17.3. The zero-order chi connectivity index (χ0) is 23.2. The molecule has 32 heavy (non-hydrogen) atoms. The lowest BCUT2D eigenvalue weighted by Crippen LogP contribution is -2.41. The van der Waals surface area contributed by atoms with Crippen molar-refractivity contribution in [3.8, 4) is 5.75 Å². The van der Waals surface area contributed by atoms with Crippen LogP contribution >= 0.6 is 23.1 Å². The number of carbonyl (C=O) groups is 2. The standard InChI is InChI=1S/C19H11F5N2O4S2/c20-8-3-10(21)17-11(4-8)25-15(32-17)7-26-12-2-1-9(30-19(22,23)24)5-13(12)31-14(18(26)29)6-16(27)28/h1-5,14H,6-7H2,(H,27,28). The van der Waals surface area contributed by atoms with Crippen LogP contribution in [0.5, 0.6) is 5.75 Å². The number of hydrogen-bond donors (Lipinski definition) is 1. The van der Waals surface area contributed by atoms with Crippen molar-refractivity contribution in [1.82, 2.24) is 4.98 Å². The van der Waals surface area contributed by atoms with Gasteiger partial charge < -0.3 is 14.7 Å². The molecule has 2 heterocycles. The lowest BCUT2D eigenvalue weighted by Gasteiger charge is -2.33. The second kappa shape index (κ2) is 8.20. The Morgan fingerprint density at radius 2 is 1.97 bits per heavy atom. The van der Waals surface area contributed by atoms with E-state index in [1.54, 1.807) is 0 Å². The Morgan fingerprint density at radius 3 is 2.66 bits per heavy atom. The third kappa shape index (κ3) is 4.63. The summed E-state index contributed by atoms with van der Waals surface area (Å²) >= 11 is 1.70. The van der Waals surface area contributed by atoms with Crippen LogP contribution in [0.15, 0.2) is 35.2 Å². The number of aliphatic carboxylic acids is 1. The largest absolute Gasteiger partial charge is 0.573 e. The number of thioether (sulfide) groups is 1. The van der Waals surface area contributed by atoms with Crippen molar-refractivity contribution in [3.05, 3.63) is 47.0 Å². The van der Waals surface area contributed by atoms with Crippen LogP contribution in [0.25, 0.3) is 10.2 Å². The number of nitrogens with zero attached hydrogens (tertiary/aromatic N) is 2. The average Bonchev–Trinajstić information content (AvgIpc) is 3.06. The van der Waals surface area contributed by atoms with E-state index in [0.717, 1.165) is 41.3 Å². The number of carboxylic acid groups (broad SMARTS) is 1. The Kier molecular flexibility index (Phi) is 5.71. The van der Waals surface area contributed by atoms with Gasteiger partial charge in [-0.2, -0.15) is 0 Å². The molecular weight excluding hydrogens is 479 g/mol. The van der Waals surface area contributed by atoms with Crippen LogP contribution in [-0.4, -0.2) is 33.6 Å². The number of amides is 1. The number of carboxylic acids is 1. The molecule has 1 atom stereocenters. The fourth-order valence-corrected chi connectivity index (χ4v) is 5.35. The van der Waals surface area contributed by atoms with E-state index in [-0.39, 0.29) is 32.4 Å². The van der Waals surface area contributed by atoms with Gasteiger partial charge in [-0.15, -0.1) is 36.3 Å². The van der Waals surface area contributed by atoms with E-state index in [4.69, 9.17) is 5.11 Å². The number of anilines is 1. The lowest BCUT2D eigenvalue weighted by molar-refractivity contribution is -0.274. The van der Waals surface area contributed by atoms with Crippen molar-refractivity contribution in [1.29, 1.82) is 0 Å². The summed E-state index contributed by atoms with van der Waals surface area (Å²) in [5.74, 6) is -4.02. The summed E-state index contributed by atoms with van der Waals surface area (Å²) in [6, 6.07) is 5.07. The molecule has 1 aromatic heterocycles. The number of halogens is 5. The molecule has 1 N–H and O–H groups in total. The van der Waals surface area contributed by atoms with Crippen molar-refractivity contribution >= 4 is 50.9 Å². The Balaban J connectivity index is 1.72. The number of rotatable bonds is 5. The highest BCUT2D eigenvalue weighted by atomic mass is 32.2. The summed E-state index contributed by atoms with van der Waals surface area (Å²) in [7, 11) is 0. The molecule has 0 bridgehead atoms. The van der Waals surface area contributed by atoms with Crippen LogP contribution < -0.4 is 9.64 Å². The maximum Gasteiger partial charge on any atom is 0.573 e. The molecule has 1 amide bonds. The Bertz CT molecular complexity index is 1230. The van der Waals surface area contributed by atoms with E-state index < -0.39 is 47.3 Å². The summed E-state index contributed by atoms with van der Waals surface area (Å²) in [5.41, 5.74) is 0.277. The molecule has 0 radical (unpaired) electrons. The highest BCUT2D eigenvalue weighted by Gasteiger charge is 2.37. The first kappa shape index (κ1) is 22.3. The molecule has 0 spiro atoms. The smallest absolute Gasteiger partial charge is 0.481 e. The number of thiazole rings is 1. The molecule has 1 aliphatic heterocycles. The number of fused-ring (bicyclic) bond motifs is 2. The van der Waals surface area contributed by atoms with Crippen molar-refractivity contribution < 1.29 is 41.4 Å². The first-order valence-electron chi connectivity index (χ1n) is 8.84. The third-order valence-corrected chi connectivity index (χ3v) is 6.67. The van der Waals surface area contributed by atoms with Gasteiger partial charge in [-0.1, -0.05) is 0 Å². The summed E-state index contributed by atoms with van der Waals surface area (Å²) in [6.07, 6.45) is -5.49. The second-order valence-corrected chi connectivity index (χ2v) is 8.98. The highest BCUT2D eigenvalue weighted by molar-refractivity contribution is 8.01. The Morgan fingerprint density at radius 1 is 1.22 bits per heavy atom. The van der Waals surface area contributed by atoms with Crippen molar-refractivity contribution in [2.24, 2.45) is 0 Å². The molecule has 4 rings (SSSR count). The van der Waals surface area contributed by atoms with Gasteiger partial charge in [0.15, 0.2) is 0 Å². The molecule has 0 saturated heterocycles. The van der Waals surface area contributed by atoms with Crippen LogP contribution in [0, 0.1) is 11.6 Å².